The van der Waals surface area contributed by atoms with E-state index in [1.807, 2.05) is 0 Å². The number of benzene rings is 1. The van der Waals surface area contributed by atoms with Gasteiger partial charge in [-0.05, 0) is 36.5 Å². The minimum Gasteiger partial charge on any atom is -0.352 e. The van der Waals surface area contributed by atoms with Gasteiger partial charge < -0.3 is 16.0 Å². The Labute approximate surface area is 149 Å². The van der Waals surface area contributed by atoms with Gasteiger partial charge in [0.05, 0.1) is 11.5 Å². The highest BCUT2D eigenvalue weighted by molar-refractivity contribution is 5.89. The van der Waals surface area contributed by atoms with Gasteiger partial charge in [-0.1, -0.05) is 12.1 Å². The van der Waals surface area contributed by atoms with Crippen LogP contribution < -0.4 is 11.1 Å². The number of nitrogens with zero attached hydrogens (tertiary/aromatic N) is 1. The second kappa shape index (κ2) is 7.26. The second-order valence-corrected chi connectivity index (χ2v) is 7.06. The summed E-state index contributed by atoms with van der Waals surface area (Å²) in [4.78, 5) is 26.0. The van der Waals surface area contributed by atoms with Gasteiger partial charge in [0.1, 0.15) is 0 Å². The molecule has 5 nitrogen and oxygen atoms in total. The molecule has 2 aliphatic rings. The molecule has 3 N–H and O–H groups in total. The first-order valence-corrected chi connectivity index (χ1v) is 8.72. The predicted octanol–water partition coefficient (Wildman–Crippen LogP) is 1.91. The van der Waals surface area contributed by atoms with Gasteiger partial charge in [0.15, 0.2) is 0 Å². The fourth-order valence-corrected chi connectivity index (χ4v) is 3.34. The maximum Gasteiger partial charge on any atom is 0.416 e. The Balaban J connectivity index is 1.60. The van der Waals surface area contributed by atoms with Crippen molar-refractivity contribution < 1.29 is 22.8 Å². The van der Waals surface area contributed by atoms with Crippen molar-refractivity contribution in [2.24, 2.45) is 17.6 Å². The van der Waals surface area contributed by atoms with E-state index in [0.717, 1.165) is 25.0 Å². The van der Waals surface area contributed by atoms with Crippen LogP contribution in [0.2, 0.25) is 0 Å². The average molecular weight is 369 g/mol. The molecule has 1 aliphatic carbocycles. The largest absolute Gasteiger partial charge is 0.416 e. The minimum atomic E-state index is -4.42. The molecule has 1 aliphatic heterocycles. The van der Waals surface area contributed by atoms with Crippen LogP contribution in [0.1, 0.15) is 30.4 Å². The first kappa shape index (κ1) is 18.7. The average Bonchev–Trinajstić information content (AvgIpc) is 3.36. The molecule has 1 aromatic carbocycles. The van der Waals surface area contributed by atoms with Crippen LogP contribution in [0.15, 0.2) is 24.3 Å². The lowest BCUT2D eigenvalue weighted by atomic mass is 10.1. The molecule has 0 spiro atoms. The fraction of sp³-hybridized carbons (Fsp3) is 0.556. The zero-order valence-corrected chi connectivity index (χ0v) is 14.3. The summed E-state index contributed by atoms with van der Waals surface area (Å²) in [7, 11) is 0. The third kappa shape index (κ3) is 4.35. The molecule has 142 valence electrons. The van der Waals surface area contributed by atoms with Gasteiger partial charge in [-0.15, -0.1) is 0 Å². The molecule has 1 saturated heterocycles. The van der Waals surface area contributed by atoms with Crippen molar-refractivity contribution in [1.29, 1.82) is 0 Å². The monoisotopic (exact) mass is 369 g/mol. The number of carbonyl (C=O) groups is 2. The van der Waals surface area contributed by atoms with Crippen LogP contribution in [0.5, 0.6) is 0 Å². The molecule has 2 amide bonds. The standard InChI is InChI=1S/C18H22F3N3O2/c19-18(20,21)14-3-1-2-11(6-14)9-24-10-13(7-16(24)25)17(26)23-15(8-22)12-4-5-12/h1-3,6,12-13,15H,4-5,7-10,22H2,(H,23,26). The summed E-state index contributed by atoms with van der Waals surface area (Å²) in [5.41, 5.74) is 5.33. The SMILES string of the molecule is NCC(NC(=O)C1CC(=O)N(Cc2cccc(C(F)(F)F)c2)C1)C1CC1. The summed E-state index contributed by atoms with van der Waals surface area (Å²) in [5.74, 6) is -0.492. The van der Waals surface area contributed by atoms with Gasteiger partial charge >= 0.3 is 6.18 Å². The van der Waals surface area contributed by atoms with Gasteiger partial charge in [0.2, 0.25) is 11.8 Å². The third-order valence-corrected chi connectivity index (χ3v) is 4.99. The fourth-order valence-electron chi connectivity index (χ4n) is 3.34. The Bertz CT molecular complexity index is 689. The molecular weight excluding hydrogens is 347 g/mol. The smallest absolute Gasteiger partial charge is 0.352 e. The quantitative estimate of drug-likeness (QED) is 0.804. The van der Waals surface area contributed by atoms with E-state index in [4.69, 9.17) is 5.73 Å². The van der Waals surface area contributed by atoms with Crippen molar-refractivity contribution in [3.05, 3.63) is 35.4 Å². The second-order valence-electron chi connectivity index (χ2n) is 7.06. The summed E-state index contributed by atoms with van der Waals surface area (Å²) in [5, 5.41) is 2.91. The van der Waals surface area contributed by atoms with E-state index < -0.39 is 17.7 Å². The number of hydrogen-bond donors (Lipinski definition) is 2. The first-order valence-electron chi connectivity index (χ1n) is 8.72. The Hall–Kier alpha value is -2.09. The number of halogens is 3. The van der Waals surface area contributed by atoms with E-state index in [0.29, 0.717) is 18.0 Å². The summed E-state index contributed by atoms with van der Waals surface area (Å²) < 4.78 is 38.4. The van der Waals surface area contributed by atoms with Crippen molar-refractivity contribution in [3.63, 3.8) is 0 Å². The maximum atomic E-state index is 12.8. The van der Waals surface area contributed by atoms with Crippen LogP contribution >= 0.6 is 0 Å². The van der Waals surface area contributed by atoms with E-state index in [1.54, 1.807) is 6.07 Å². The molecule has 2 unspecified atom stereocenters. The molecule has 3 rings (SSSR count). The predicted molar refractivity (Wildman–Crippen MR) is 88.7 cm³/mol. The van der Waals surface area contributed by atoms with Gasteiger partial charge in [-0.2, -0.15) is 13.2 Å². The van der Waals surface area contributed by atoms with Crippen LogP contribution in [0, 0.1) is 11.8 Å². The van der Waals surface area contributed by atoms with E-state index in [-0.39, 0.29) is 37.4 Å². The van der Waals surface area contributed by atoms with E-state index in [2.05, 4.69) is 5.32 Å². The maximum absolute atomic E-state index is 12.8. The molecule has 26 heavy (non-hydrogen) atoms. The van der Waals surface area contributed by atoms with Crippen molar-refractivity contribution in [2.45, 2.75) is 38.0 Å². The number of carbonyl (C=O) groups excluding carboxylic acids is 2. The zero-order chi connectivity index (χ0) is 18.9. The highest BCUT2D eigenvalue weighted by Crippen LogP contribution is 2.33. The van der Waals surface area contributed by atoms with Crippen LogP contribution in [0.4, 0.5) is 13.2 Å². The summed E-state index contributed by atoms with van der Waals surface area (Å²) in [6.45, 7) is 0.642. The van der Waals surface area contributed by atoms with Crippen molar-refractivity contribution >= 4 is 11.8 Å². The third-order valence-electron chi connectivity index (χ3n) is 4.99. The first-order chi connectivity index (χ1) is 12.3. The number of rotatable bonds is 6. The number of alkyl halides is 3. The molecule has 0 bridgehead atoms. The van der Waals surface area contributed by atoms with E-state index in [1.165, 1.54) is 11.0 Å². The molecule has 8 heteroatoms. The molecule has 0 aromatic heterocycles. The van der Waals surface area contributed by atoms with Gasteiger partial charge in [0, 0.05) is 32.1 Å². The number of likely N-dealkylation sites (tertiary alicyclic amines) is 1. The molecule has 1 aromatic rings. The normalized spacial score (nSPS) is 21.8. The molecule has 2 fully saturated rings. The lowest BCUT2D eigenvalue weighted by Gasteiger charge is -2.20. The van der Waals surface area contributed by atoms with Crippen molar-refractivity contribution in [3.8, 4) is 0 Å². The Kier molecular flexibility index (Phi) is 5.22. The highest BCUT2D eigenvalue weighted by Gasteiger charge is 2.38. The van der Waals surface area contributed by atoms with Crippen LogP contribution in [0.3, 0.4) is 0 Å². The minimum absolute atomic E-state index is 0.0601. The van der Waals surface area contributed by atoms with E-state index >= 15 is 0 Å². The number of hydrogen-bond acceptors (Lipinski definition) is 3. The Morgan fingerprint density at radius 3 is 2.69 bits per heavy atom. The van der Waals surface area contributed by atoms with E-state index in [9.17, 15) is 22.8 Å². The molecule has 0 radical (unpaired) electrons. The highest BCUT2D eigenvalue weighted by atomic mass is 19.4. The lowest BCUT2D eigenvalue weighted by Crippen LogP contribution is -2.45. The Morgan fingerprint density at radius 2 is 2.08 bits per heavy atom. The van der Waals surface area contributed by atoms with Crippen molar-refractivity contribution in [2.75, 3.05) is 13.1 Å². The van der Waals surface area contributed by atoms with Gasteiger partial charge in [-0.25, -0.2) is 0 Å². The van der Waals surface area contributed by atoms with Crippen molar-refractivity contribution in [1.82, 2.24) is 10.2 Å². The summed E-state index contributed by atoms with van der Waals surface area (Å²) >= 11 is 0. The molecule has 1 saturated carbocycles. The summed E-state index contributed by atoms with van der Waals surface area (Å²) in [6, 6.07) is 4.85. The summed E-state index contributed by atoms with van der Waals surface area (Å²) in [6.07, 6.45) is -2.25. The molecule has 2 atom stereocenters. The number of nitrogens with two attached hydrogens (primary N) is 1. The van der Waals surface area contributed by atoms with Crippen LogP contribution in [0.25, 0.3) is 0 Å². The van der Waals surface area contributed by atoms with Crippen LogP contribution in [-0.2, 0) is 22.3 Å². The zero-order valence-electron chi connectivity index (χ0n) is 14.3. The topological polar surface area (TPSA) is 75.4 Å². The van der Waals surface area contributed by atoms with Gasteiger partial charge in [0.25, 0.3) is 0 Å². The molecule has 1 heterocycles. The molecular formula is C18H22F3N3O2. The lowest BCUT2D eigenvalue weighted by molar-refractivity contribution is -0.137. The number of amides is 2. The Morgan fingerprint density at radius 1 is 1.35 bits per heavy atom. The van der Waals surface area contributed by atoms with Crippen LogP contribution in [-0.4, -0.2) is 35.8 Å². The van der Waals surface area contributed by atoms with Gasteiger partial charge in [-0.3, -0.25) is 9.59 Å². The number of nitrogens with one attached hydrogen (secondary N) is 1.